The number of amidine groups is 1. The van der Waals surface area contributed by atoms with Gasteiger partial charge < -0.3 is 15.4 Å². The molecule has 1 aliphatic heterocycles. The van der Waals surface area contributed by atoms with Crippen molar-refractivity contribution in [2.24, 2.45) is 11.0 Å². The van der Waals surface area contributed by atoms with Gasteiger partial charge in [0.05, 0.1) is 30.6 Å². The van der Waals surface area contributed by atoms with Gasteiger partial charge in [-0.05, 0) is 43.8 Å². The van der Waals surface area contributed by atoms with Crippen LogP contribution in [0.2, 0.25) is 0 Å². The number of halogens is 2. The molecule has 4 rings (SSSR count). The van der Waals surface area contributed by atoms with Crippen LogP contribution in [0.15, 0.2) is 35.8 Å². The van der Waals surface area contributed by atoms with Crippen molar-refractivity contribution in [3.05, 3.63) is 47.7 Å². The smallest absolute Gasteiger partial charge is 0.280 e. The Kier molecular flexibility index (Phi) is 11.9. The number of hydrazone groups is 1. The van der Waals surface area contributed by atoms with Gasteiger partial charge in [-0.3, -0.25) is 25.5 Å². The van der Waals surface area contributed by atoms with Crippen molar-refractivity contribution >= 4 is 28.4 Å². The summed E-state index contributed by atoms with van der Waals surface area (Å²) >= 11 is 1.27. The van der Waals surface area contributed by atoms with Crippen LogP contribution in [0.5, 0.6) is 5.75 Å². The van der Waals surface area contributed by atoms with E-state index in [1.165, 1.54) is 37.3 Å². The number of likely N-dealkylation sites (N-methyl/N-ethyl adjacent to an activating group) is 1. The van der Waals surface area contributed by atoms with E-state index < -0.39 is 18.0 Å². The van der Waals surface area contributed by atoms with Gasteiger partial charge in [0.15, 0.2) is 10.5 Å². The van der Waals surface area contributed by atoms with Gasteiger partial charge in [-0.1, -0.05) is 25.7 Å². The minimum atomic E-state index is -2.83. The van der Waals surface area contributed by atoms with Crippen LogP contribution in [-0.2, 0) is 0 Å². The van der Waals surface area contributed by atoms with E-state index in [-0.39, 0.29) is 28.8 Å². The molecule has 1 atom stereocenters. The number of nitrogens with zero attached hydrogens (tertiary/aromatic N) is 4. The largest absolute Gasteiger partial charge is 0.494 e. The second kappa shape index (κ2) is 15.6. The van der Waals surface area contributed by atoms with Crippen LogP contribution >= 0.6 is 11.8 Å². The molecule has 2 aromatic heterocycles. The molecule has 2 aromatic rings. The number of alkyl halides is 2. The third-order valence-electron chi connectivity index (χ3n) is 5.65. The van der Waals surface area contributed by atoms with Crippen molar-refractivity contribution in [2.75, 3.05) is 27.2 Å². The Morgan fingerprint density at radius 3 is 2.68 bits per heavy atom. The molecule has 0 radical (unpaired) electrons. The Hall–Kier alpha value is -4.20. The summed E-state index contributed by atoms with van der Waals surface area (Å²) in [7, 11) is 3.14. The molecule has 10 nitrogen and oxygen atoms in total. The Labute approximate surface area is 242 Å². The Balaban J connectivity index is 0.00000226. The summed E-state index contributed by atoms with van der Waals surface area (Å²) in [4.78, 5) is 21.7. The number of pyridine rings is 2. The molecule has 1 saturated carbocycles. The molecule has 1 aliphatic carbocycles. The fraction of sp³-hybridized carbons (Fsp3) is 0.393. The average Bonchev–Trinajstić information content (AvgIpc) is 3.73. The SMILES string of the molecule is CC.CNC/C(=C\NCC#N)c1cc(-c2cc(C(F)F)ncc2OC)c(C(=O)NC2=NNC(C#CC3CC3)S2)cn1. The van der Waals surface area contributed by atoms with Gasteiger partial charge in [-0.15, -0.1) is 0 Å². The zero-order valence-corrected chi connectivity index (χ0v) is 24.0. The molecule has 4 N–H and O–H groups in total. The predicted molar refractivity (Wildman–Crippen MR) is 156 cm³/mol. The van der Waals surface area contributed by atoms with Gasteiger partial charge in [-0.2, -0.15) is 10.4 Å². The number of thioether (sulfide) groups is 1. The molecule has 0 bridgehead atoms. The third kappa shape index (κ3) is 8.64. The van der Waals surface area contributed by atoms with Crippen LogP contribution in [0.25, 0.3) is 16.7 Å². The molecule has 0 saturated heterocycles. The van der Waals surface area contributed by atoms with Crippen LogP contribution in [0, 0.1) is 29.1 Å². The summed E-state index contributed by atoms with van der Waals surface area (Å²) in [6, 6.07) is 4.81. The number of carbonyl (C=O) groups excluding carboxylic acids is 1. The molecule has 3 heterocycles. The van der Waals surface area contributed by atoms with Crippen molar-refractivity contribution in [2.45, 2.75) is 38.5 Å². The molecule has 2 aliphatic rings. The summed E-state index contributed by atoms with van der Waals surface area (Å²) in [6.07, 6.45) is 3.58. The molecule has 1 fully saturated rings. The second-order valence-corrected chi connectivity index (χ2v) is 9.62. The van der Waals surface area contributed by atoms with E-state index in [1.807, 2.05) is 19.9 Å². The summed E-state index contributed by atoms with van der Waals surface area (Å²) < 4.78 is 32.6. The maximum Gasteiger partial charge on any atom is 0.280 e. The fourth-order valence-corrected chi connectivity index (χ4v) is 4.31. The number of nitriles is 1. The average molecular weight is 583 g/mol. The first-order valence-corrected chi connectivity index (χ1v) is 13.9. The van der Waals surface area contributed by atoms with Crippen molar-refractivity contribution in [1.82, 2.24) is 31.3 Å². The Morgan fingerprint density at radius 1 is 1.24 bits per heavy atom. The maximum atomic E-state index is 13.6. The second-order valence-electron chi connectivity index (χ2n) is 8.53. The minimum Gasteiger partial charge on any atom is -0.494 e. The summed E-state index contributed by atoms with van der Waals surface area (Å²) in [6.45, 7) is 4.46. The summed E-state index contributed by atoms with van der Waals surface area (Å²) in [5.74, 6) is 6.37. The van der Waals surface area contributed by atoms with Gasteiger partial charge in [-0.25, -0.2) is 8.78 Å². The number of methoxy groups -OCH3 is 1. The van der Waals surface area contributed by atoms with E-state index in [2.05, 4.69) is 48.3 Å². The first-order valence-electron chi connectivity index (χ1n) is 13.0. The van der Waals surface area contributed by atoms with Gasteiger partial charge >= 0.3 is 0 Å². The molecule has 216 valence electrons. The molecule has 1 amide bonds. The molecule has 13 heteroatoms. The molecular formula is C28H32F2N8O2S. The highest BCUT2D eigenvalue weighted by Gasteiger charge is 2.25. The van der Waals surface area contributed by atoms with Crippen molar-refractivity contribution in [3.63, 3.8) is 0 Å². The molecule has 0 aromatic carbocycles. The van der Waals surface area contributed by atoms with E-state index >= 15 is 0 Å². The van der Waals surface area contributed by atoms with E-state index in [4.69, 9.17) is 10.00 Å². The zero-order chi connectivity index (χ0) is 29.8. The van der Waals surface area contributed by atoms with E-state index in [1.54, 1.807) is 19.3 Å². The van der Waals surface area contributed by atoms with Crippen LogP contribution in [-0.4, -0.2) is 53.7 Å². The van der Waals surface area contributed by atoms with E-state index in [0.717, 1.165) is 12.8 Å². The molecular weight excluding hydrogens is 550 g/mol. The first kappa shape index (κ1) is 31.3. The highest BCUT2D eigenvalue weighted by molar-refractivity contribution is 8.14. The maximum absolute atomic E-state index is 13.6. The molecule has 1 unspecified atom stereocenters. The number of hydrogen-bond donors (Lipinski definition) is 4. The van der Waals surface area contributed by atoms with Crippen molar-refractivity contribution in [3.8, 4) is 34.8 Å². The normalized spacial score (nSPS) is 15.8. The number of hydrogen-bond acceptors (Lipinski definition) is 10. The number of amides is 1. The lowest BCUT2D eigenvalue weighted by Gasteiger charge is -2.16. The number of nitrogens with one attached hydrogen (secondary N) is 4. The van der Waals surface area contributed by atoms with Crippen LogP contribution in [0.4, 0.5) is 8.78 Å². The third-order valence-corrected chi connectivity index (χ3v) is 6.53. The standard InChI is InChI=1S/C26H26F2N8O2S.C2H6/c1-30-11-16(12-31-8-7-29)20-9-17(18-10-21(24(27)28)33-14-22(18)38-2)19(13-32-20)25(37)34-26-36-35-23(39-26)6-5-15-3-4-15;1-2/h9-10,12-15,23-24,30-31,35H,3-4,8,11H2,1-2H3,(H,34,36,37);1-2H3/b16-12+;. The Bertz CT molecular complexity index is 1390. The lowest BCUT2D eigenvalue weighted by molar-refractivity contribution is 0.0978. The number of rotatable bonds is 9. The molecule has 41 heavy (non-hydrogen) atoms. The highest BCUT2D eigenvalue weighted by atomic mass is 32.2. The predicted octanol–water partition coefficient (Wildman–Crippen LogP) is 3.87. The van der Waals surface area contributed by atoms with E-state index in [9.17, 15) is 13.6 Å². The molecule has 0 spiro atoms. The van der Waals surface area contributed by atoms with Crippen molar-refractivity contribution in [1.29, 1.82) is 5.26 Å². The number of aromatic nitrogens is 2. The number of carbonyl (C=O) groups is 1. The zero-order valence-electron chi connectivity index (χ0n) is 23.2. The van der Waals surface area contributed by atoms with Crippen LogP contribution in [0.1, 0.15) is 54.9 Å². The van der Waals surface area contributed by atoms with Gasteiger partial charge in [0.2, 0.25) is 0 Å². The highest BCUT2D eigenvalue weighted by Crippen LogP contribution is 2.35. The summed E-state index contributed by atoms with van der Waals surface area (Å²) in [5, 5.41) is 21.7. The Morgan fingerprint density at radius 2 is 2.02 bits per heavy atom. The van der Waals surface area contributed by atoms with Crippen LogP contribution in [0.3, 0.4) is 0 Å². The minimum absolute atomic E-state index is 0.0797. The fourth-order valence-electron chi connectivity index (χ4n) is 3.60. The van der Waals surface area contributed by atoms with Crippen LogP contribution < -0.4 is 26.1 Å². The monoisotopic (exact) mass is 582 g/mol. The first-order chi connectivity index (χ1) is 19.9. The van der Waals surface area contributed by atoms with Gasteiger partial charge in [0, 0.05) is 41.6 Å². The topological polar surface area (TPSA) is 136 Å². The van der Waals surface area contributed by atoms with Crippen molar-refractivity contribution < 1.29 is 18.3 Å². The lowest BCUT2D eigenvalue weighted by Crippen LogP contribution is -2.28. The summed E-state index contributed by atoms with van der Waals surface area (Å²) in [5.41, 5.74) is 4.24. The van der Waals surface area contributed by atoms with Gasteiger partial charge in [0.25, 0.3) is 12.3 Å². The lowest BCUT2D eigenvalue weighted by atomic mass is 9.97. The van der Waals surface area contributed by atoms with Gasteiger partial charge in [0.1, 0.15) is 18.0 Å². The number of ether oxygens (including phenoxy) is 1. The van der Waals surface area contributed by atoms with E-state index in [0.29, 0.717) is 34.5 Å². The quantitative estimate of drug-likeness (QED) is 0.197.